The van der Waals surface area contributed by atoms with Crippen molar-refractivity contribution in [3.05, 3.63) is 29.8 Å². The molecule has 3 amide bonds. The number of sulfone groups is 1. The molecule has 5 aliphatic rings. The zero-order valence-corrected chi connectivity index (χ0v) is 26.8. The number of nitrogens with zero attached hydrogens (tertiary/aromatic N) is 3. The molecular formula is C31H44N4O10S. The first kappa shape index (κ1) is 33.2. The van der Waals surface area contributed by atoms with E-state index in [-0.39, 0.29) is 60.6 Å². The molecule has 3 N–H and O–H groups in total. The molecule has 7 atom stereocenters. The van der Waals surface area contributed by atoms with Crippen LogP contribution in [0.3, 0.4) is 0 Å². The summed E-state index contributed by atoms with van der Waals surface area (Å²) in [5, 5.41) is 24.7. The minimum absolute atomic E-state index is 0.0114. The fourth-order valence-corrected chi connectivity index (χ4v) is 7.92. The molecule has 0 radical (unpaired) electrons. The highest BCUT2D eigenvalue weighted by molar-refractivity contribution is 7.90. The summed E-state index contributed by atoms with van der Waals surface area (Å²) in [6, 6.07) is 5.66. The molecule has 0 aliphatic carbocycles. The van der Waals surface area contributed by atoms with Crippen molar-refractivity contribution in [3.63, 3.8) is 0 Å². The van der Waals surface area contributed by atoms with Gasteiger partial charge in [-0.1, -0.05) is 12.1 Å². The van der Waals surface area contributed by atoms with E-state index in [0.717, 1.165) is 11.8 Å². The highest BCUT2D eigenvalue weighted by atomic mass is 32.2. The fraction of sp³-hybridized carbons (Fsp3) is 0.710. The predicted octanol–water partition coefficient (Wildman–Crippen LogP) is -1.48. The number of fused-ring (bicyclic) bond motifs is 6. The van der Waals surface area contributed by atoms with Gasteiger partial charge >= 0.3 is 0 Å². The Morgan fingerprint density at radius 3 is 2.41 bits per heavy atom. The topological polar surface area (TPSA) is 175 Å². The van der Waals surface area contributed by atoms with E-state index < -0.39 is 46.4 Å². The lowest BCUT2D eigenvalue weighted by atomic mass is 9.97. The molecule has 6 bridgehead atoms. The third-order valence-corrected chi connectivity index (χ3v) is 10.9. The Labute approximate surface area is 268 Å². The summed E-state index contributed by atoms with van der Waals surface area (Å²) in [4.78, 5) is 46.6. The number of morpholine rings is 1. The molecular weight excluding hydrogens is 620 g/mol. The van der Waals surface area contributed by atoms with Crippen molar-refractivity contribution in [1.82, 2.24) is 20.0 Å². The first-order valence-corrected chi connectivity index (χ1v) is 18.0. The Kier molecular flexibility index (Phi) is 9.99. The second kappa shape index (κ2) is 13.8. The molecule has 0 saturated carbocycles. The van der Waals surface area contributed by atoms with Crippen molar-refractivity contribution in [3.8, 4) is 0 Å². The van der Waals surface area contributed by atoms with Gasteiger partial charge in [0.1, 0.15) is 18.3 Å². The summed E-state index contributed by atoms with van der Waals surface area (Å²) in [6.45, 7) is 2.83. The maximum absolute atomic E-state index is 14.1. The van der Waals surface area contributed by atoms with E-state index in [0.29, 0.717) is 58.7 Å². The lowest BCUT2D eigenvalue weighted by Crippen LogP contribution is -2.56. The largest absolute Gasteiger partial charge is 0.388 e. The number of amides is 3. The van der Waals surface area contributed by atoms with Gasteiger partial charge in [-0.25, -0.2) is 8.42 Å². The number of likely N-dealkylation sites (tertiary alicyclic amines) is 1. The van der Waals surface area contributed by atoms with Gasteiger partial charge in [0.05, 0.1) is 36.2 Å². The van der Waals surface area contributed by atoms with Crippen LogP contribution in [-0.2, 0) is 45.0 Å². The summed E-state index contributed by atoms with van der Waals surface area (Å²) < 4.78 is 41.4. The number of nitrogens with one attached hydrogen (secondary N) is 1. The predicted molar refractivity (Wildman–Crippen MR) is 162 cm³/mol. The van der Waals surface area contributed by atoms with E-state index in [2.05, 4.69) is 5.32 Å². The third kappa shape index (κ3) is 7.40. The van der Waals surface area contributed by atoms with E-state index in [1.807, 2.05) is 4.90 Å². The molecule has 1 aromatic rings. The molecule has 14 nitrogen and oxygen atoms in total. The number of carbonyl (C=O) groups excluding carboxylic acids is 3. The lowest BCUT2D eigenvalue weighted by Gasteiger charge is -2.39. The van der Waals surface area contributed by atoms with Crippen LogP contribution in [0.25, 0.3) is 0 Å². The zero-order valence-electron chi connectivity index (χ0n) is 26.0. The Bertz CT molecular complexity index is 1390. The summed E-state index contributed by atoms with van der Waals surface area (Å²) >= 11 is 0. The van der Waals surface area contributed by atoms with Crippen LogP contribution in [0.2, 0.25) is 0 Å². The minimum atomic E-state index is -3.36. The van der Waals surface area contributed by atoms with Crippen molar-refractivity contribution in [2.45, 2.75) is 79.7 Å². The number of ether oxygens (including phenoxy) is 3. The summed E-state index contributed by atoms with van der Waals surface area (Å²) in [7, 11) is -3.36. The molecule has 0 spiro atoms. The number of benzene rings is 1. The number of rotatable bonds is 4. The van der Waals surface area contributed by atoms with Crippen molar-refractivity contribution in [1.29, 1.82) is 0 Å². The zero-order chi connectivity index (χ0) is 32.6. The van der Waals surface area contributed by atoms with E-state index in [1.54, 1.807) is 34.1 Å². The number of aliphatic hydroxyl groups excluding tert-OH is 2. The molecule has 0 unspecified atom stereocenters. The smallest absolute Gasteiger partial charge is 0.240 e. The Morgan fingerprint density at radius 2 is 1.70 bits per heavy atom. The molecule has 254 valence electrons. The first-order chi connectivity index (χ1) is 22.0. The summed E-state index contributed by atoms with van der Waals surface area (Å²) in [5.74, 6) is -0.849. The third-order valence-electron chi connectivity index (χ3n) is 9.80. The second-order valence-corrected chi connectivity index (χ2v) is 15.2. The van der Waals surface area contributed by atoms with Gasteiger partial charge in [0.15, 0.2) is 9.84 Å². The van der Waals surface area contributed by atoms with Crippen LogP contribution in [0.4, 0.5) is 0 Å². The van der Waals surface area contributed by atoms with Crippen molar-refractivity contribution in [2.24, 2.45) is 5.92 Å². The van der Waals surface area contributed by atoms with Gasteiger partial charge in [0.25, 0.3) is 0 Å². The molecule has 15 heteroatoms. The number of hydrogen-bond acceptors (Lipinski definition) is 11. The van der Waals surface area contributed by atoms with Crippen LogP contribution in [0.1, 0.15) is 31.2 Å². The van der Waals surface area contributed by atoms with Gasteiger partial charge < -0.3 is 39.5 Å². The van der Waals surface area contributed by atoms with Crippen LogP contribution in [-0.4, -0.2) is 152 Å². The highest BCUT2D eigenvalue weighted by Gasteiger charge is 2.47. The van der Waals surface area contributed by atoms with E-state index in [1.165, 1.54) is 0 Å². The lowest BCUT2D eigenvalue weighted by molar-refractivity contribution is -0.150. The van der Waals surface area contributed by atoms with Crippen LogP contribution < -0.4 is 5.32 Å². The van der Waals surface area contributed by atoms with Gasteiger partial charge in [-0.3, -0.25) is 19.3 Å². The fourth-order valence-electron chi connectivity index (χ4n) is 7.29. The molecule has 0 aromatic heterocycles. The molecule has 46 heavy (non-hydrogen) atoms. The molecule has 5 heterocycles. The Balaban J connectivity index is 1.25. The normalized spacial score (nSPS) is 33.7. The first-order valence-electron chi connectivity index (χ1n) is 16.1. The molecule has 6 rings (SSSR count). The van der Waals surface area contributed by atoms with Crippen LogP contribution >= 0.6 is 0 Å². The quantitative estimate of drug-likeness (QED) is 0.343. The van der Waals surface area contributed by atoms with Gasteiger partial charge in [0, 0.05) is 70.7 Å². The number of carbonyl (C=O) groups is 3. The molecule has 1 aromatic carbocycles. The monoisotopic (exact) mass is 664 g/mol. The van der Waals surface area contributed by atoms with Gasteiger partial charge in [0.2, 0.25) is 17.7 Å². The standard InChI is InChI=1S/C31H44N4O10S/c1-46(41,42)23-4-2-19(3-5-23)14-34-15-21-12-24(34)31(40)33-8-11-44-22(16-33)17-35(30(39)20-6-9-43-10-7-20)18-26-29(38)28(37)25(45-26)13-27(36)32-21/h2-5,20-22,24-26,28-29,37-38H,6-18H2,1H3,(H,32,36)/t21-,22-,24-,25-,26+,28-,29+/m0/s1. The van der Waals surface area contributed by atoms with Crippen molar-refractivity contribution < 1.29 is 47.2 Å². The van der Waals surface area contributed by atoms with Crippen molar-refractivity contribution in [2.75, 3.05) is 58.8 Å². The number of hydrogen-bond donors (Lipinski definition) is 3. The van der Waals surface area contributed by atoms with Crippen molar-refractivity contribution >= 4 is 27.6 Å². The maximum atomic E-state index is 14.1. The molecule has 5 aliphatic heterocycles. The van der Waals surface area contributed by atoms with E-state index in [9.17, 15) is 33.0 Å². The average molecular weight is 665 g/mol. The van der Waals surface area contributed by atoms with E-state index >= 15 is 0 Å². The SMILES string of the molecule is CS(=O)(=O)c1ccc(CN2C[C@@H]3C[C@H]2C(=O)N2CCO[C@H](CN(C(=O)C4CCOCC4)C[C@H]4O[C@@H](CC(=O)N3)[C@H](O)[C@@H]4O)C2)cc1. The Morgan fingerprint density at radius 1 is 0.978 bits per heavy atom. The Hall–Kier alpha value is -2.66. The van der Waals surface area contributed by atoms with Crippen LogP contribution in [0, 0.1) is 5.92 Å². The number of aliphatic hydroxyl groups is 2. The molecule has 5 saturated heterocycles. The second-order valence-electron chi connectivity index (χ2n) is 13.2. The maximum Gasteiger partial charge on any atom is 0.240 e. The average Bonchev–Trinajstić information content (AvgIpc) is 3.54. The van der Waals surface area contributed by atoms with Gasteiger partial charge in [-0.05, 0) is 37.0 Å². The van der Waals surface area contributed by atoms with Crippen LogP contribution in [0.5, 0.6) is 0 Å². The molecule has 5 fully saturated rings. The summed E-state index contributed by atoms with van der Waals surface area (Å²) in [6.07, 6.45) is -2.46. The van der Waals surface area contributed by atoms with Gasteiger partial charge in [-0.15, -0.1) is 0 Å². The van der Waals surface area contributed by atoms with E-state index in [4.69, 9.17) is 14.2 Å². The summed E-state index contributed by atoms with van der Waals surface area (Å²) in [5.41, 5.74) is 0.827. The highest BCUT2D eigenvalue weighted by Crippen LogP contribution is 2.29. The minimum Gasteiger partial charge on any atom is -0.388 e. The van der Waals surface area contributed by atoms with Crippen LogP contribution in [0.15, 0.2) is 29.2 Å². The van der Waals surface area contributed by atoms with Gasteiger partial charge in [-0.2, -0.15) is 0 Å².